The largest absolute Gasteiger partial charge is 0.461 e. The summed E-state index contributed by atoms with van der Waals surface area (Å²) in [7, 11) is 0. The molecule has 0 saturated heterocycles. The van der Waals surface area contributed by atoms with Crippen LogP contribution in [0.3, 0.4) is 0 Å². The van der Waals surface area contributed by atoms with E-state index in [2.05, 4.69) is 0 Å². The van der Waals surface area contributed by atoms with Crippen LogP contribution < -0.4 is 0 Å². The highest BCUT2D eigenvalue weighted by atomic mass is 79.9. The summed E-state index contributed by atoms with van der Waals surface area (Å²) in [5.41, 5.74) is 0. The van der Waals surface area contributed by atoms with Gasteiger partial charge in [0.15, 0.2) is 0 Å². The summed E-state index contributed by atoms with van der Waals surface area (Å²) in [6.07, 6.45) is -6.33. The second-order valence-corrected chi connectivity index (χ2v) is 2.26. The molecule has 76 valence electrons. The van der Waals surface area contributed by atoms with Gasteiger partial charge >= 0.3 is 18.0 Å². The first-order valence-electron chi connectivity index (χ1n) is 2.51. The van der Waals surface area contributed by atoms with Gasteiger partial charge in [-0.15, -0.1) is 0 Å². The molecule has 0 nitrogen and oxygen atoms in total. The summed E-state index contributed by atoms with van der Waals surface area (Å²) in [5, 5.41) is 0. The Labute approximate surface area is 76.2 Å². The molecule has 13 heavy (non-hydrogen) atoms. The zero-order valence-corrected chi connectivity index (χ0v) is 7.11. The highest BCUT2D eigenvalue weighted by Gasteiger charge is 2.72. The van der Waals surface area contributed by atoms with Crippen molar-refractivity contribution in [3.05, 3.63) is 0 Å². The lowest BCUT2D eigenvalue weighted by molar-refractivity contribution is -0.339. The van der Waals surface area contributed by atoms with Crippen LogP contribution in [0.1, 0.15) is 0 Å². The quantitative estimate of drug-likeness (QED) is 0.508. The number of halogens is 8. The van der Waals surface area contributed by atoms with Gasteiger partial charge in [-0.05, 0) is 10.8 Å². The maximum atomic E-state index is 12.0. The van der Waals surface area contributed by atoms with Gasteiger partial charge in [0.05, 0.1) is 0 Å². The first kappa shape index (κ1) is 12.6. The molecular formula is C5BrF7. The van der Waals surface area contributed by atoms with E-state index in [0.29, 0.717) is 5.92 Å². The summed E-state index contributed by atoms with van der Waals surface area (Å²) in [6, 6.07) is 0. The lowest BCUT2D eigenvalue weighted by Gasteiger charge is -2.23. The Hall–Kier alpha value is -0.450. The van der Waals surface area contributed by atoms with E-state index in [0.717, 1.165) is 4.83 Å². The molecule has 0 spiro atoms. The molecule has 0 heterocycles. The molecule has 0 atom stereocenters. The van der Waals surface area contributed by atoms with Gasteiger partial charge in [-0.3, -0.25) is 0 Å². The van der Waals surface area contributed by atoms with Gasteiger partial charge in [-0.1, -0.05) is 0 Å². The predicted octanol–water partition coefficient (Wildman–Crippen LogP) is 3.18. The van der Waals surface area contributed by atoms with Crippen molar-refractivity contribution in [2.75, 3.05) is 0 Å². The summed E-state index contributed by atoms with van der Waals surface area (Å²) in [5.74, 6) is -11.2. The van der Waals surface area contributed by atoms with Crippen molar-refractivity contribution >= 4 is 15.9 Å². The van der Waals surface area contributed by atoms with Crippen molar-refractivity contribution in [1.82, 2.24) is 0 Å². The highest BCUT2D eigenvalue weighted by molar-refractivity contribution is 9.12. The van der Waals surface area contributed by atoms with E-state index in [4.69, 9.17) is 0 Å². The summed E-state index contributed by atoms with van der Waals surface area (Å²) in [4.78, 5) is 1.12. The van der Waals surface area contributed by atoms with Crippen LogP contribution in [0.5, 0.6) is 0 Å². The third kappa shape index (κ3) is 2.27. The monoisotopic (exact) mass is 272 g/mol. The molecule has 0 rings (SSSR count). The fourth-order valence-electron chi connectivity index (χ4n) is 0.316. The Morgan fingerprint density at radius 2 is 1.23 bits per heavy atom. The van der Waals surface area contributed by atoms with Crippen LogP contribution in [0, 0.1) is 10.8 Å². The third-order valence-corrected chi connectivity index (χ3v) is 1.15. The van der Waals surface area contributed by atoms with E-state index in [1.54, 1.807) is 0 Å². The third-order valence-electron chi connectivity index (χ3n) is 0.955. The first-order valence-corrected chi connectivity index (χ1v) is 3.30. The molecule has 0 amide bonds. The minimum Gasteiger partial charge on any atom is -0.188 e. The Morgan fingerprint density at radius 3 is 1.46 bits per heavy atom. The van der Waals surface area contributed by atoms with Crippen molar-refractivity contribution in [1.29, 1.82) is 0 Å². The van der Waals surface area contributed by atoms with Gasteiger partial charge in [0.25, 0.3) is 0 Å². The maximum Gasteiger partial charge on any atom is 0.461 e. The Bertz CT molecular complexity index is 242. The maximum absolute atomic E-state index is 12.0. The molecule has 8 heteroatoms. The van der Waals surface area contributed by atoms with Crippen LogP contribution in [0.4, 0.5) is 30.7 Å². The zero-order chi connectivity index (χ0) is 10.9. The lowest BCUT2D eigenvalue weighted by Crippen LogP contribution is -2.51. The van der Waals surface area contributed by atoms with Crippen LogP contribution in [-0.4, -0.2) is 18.0 Å². The molecule has 0 N–H and O–H groups in total. The standard InChI is InChI=1S/C5BrF7/c6-2-1-3(7,8)4(9,10)5(11,12)13. The number of alkyl halides is 7. The van der Waals surface area contributed by atoms with Crippen LogP contribution in [0.2, 0.25) is 0 Å². The van der Waals surface area contributed by atoms with Crippen LogP contribution in [0.25, 0.3) is 0 Å². The molecule has 0 aromatic carbocycles. The van der Waals surface area contributed by atoms with Crippen LogP contribution in [-0.2, 0) is 0 Å². The van der Waals surface area contributed by atoms with Gasteiger partial charge in [-0.25, -0.2) is 0 Å². The van der Waals surface area contributed by atoms with Gasteiger partial charge in [0.1, 0.15) is 0 Å². The molecule has 0 aromatic heterocycles. The Balaban J connectivity index is 5.11. The molecule has 0 aliphatic rings. The molecule has 0 aliphatic carbocycles. The Morgan fingerprint density at radius 1 is 0.846 bits per heavy atom. The highest BCUT2D eigenvalue weighted by Crippen LogP contribution is 2.46. The molecule has 0 unspecified atom stereocenters. The average Bonchev–Trinajstić information content (AvgIpc) is 1.84. The Kier molecular flexibility index (Phi) is 3.25. The second kappa shape index (κ2) is 3.36. The van der Waals surface area contributed by atoms with Crippen molar-refractivity contribution in [3.63, 3.8) is 0 Å². The van der Waals surface area contributed by atoms with Crippen LogP contribution in [0.15, 0.2) is 0 Å². The molecular weight excluding hydrogens is 273 g/mol. The first-order chi connectivity index (χ1) is 5.56. The number of hydrogen-bond donors (Lipinski definition) is 0. The van der Waals surface area contributed by atoms with Gasteiger partial charge < -0.3 is 0 Å². The fraction of sp³-hybridized carbons (Fsp3) is 0.600. The summed E-state index contributed by atoms with van der Waals surface area (Å²) < 4.78 is 81.9. The van der Waals surface area contributed by atoms with E-state index in [9.17, 15) is 30.7 Å². The number of hydrogen-bond acceptors (Lipinski definition) is 0. The fourth-order valence-corrected chi connectivity index (χ4v) is 0.565. The normalized spacial score (nSPS) is 13.5. The van der Waals surface area contributed by atoms with Crippen molar-refractivity contribution < 1.29 is 30.7 Å². The van der Waals surface area contributed by atoms with Gasteiger partial charge in [0, 0.05) is 15.9 Å². The topological polar surface area (TPSA) is 0 Å². The predicted molar refractivity (Wildman–Crippen MR) is 32.7 cm³/mol. The minimum absolute atomic E-state index is 0.432. The smallest absolute Gasteiger partial charge is 0.188 e. The molecule has 0 fully saturated rings. The van der Waals surface area contributed by atoms with E-state index < -0.39 is 18.0 Å². The second-order valence-electron chi connectivity index (χ2n) is 1.87. The van der Waals surface area contributed by atoms with Crippen molar-refractivity contribution in [2.24, 2.45) is 0 Å². The SMILES string of the molecule is FC(F)(F)C(F)(F)C(F)(F)C#CBr. The molecule has 0 saturated carbocycles. The number of rotatable bonds is 1. The molecule has 0 radical (unpaired) electrons. The van der Waals surface area contributed by atoms with E-state index >= 15 is 0 Å². The molecule has 0 aliphatic heterocycles. The molecule has 0 bridgehead atoms. The minimum atomic E-state index is -6.33. The van der Waals surface area contributed by atoms with E-state index in [-0.39, 0.29) is 0 Å². The molecule has 0 aromatic rings. The zero-order valence-electron chi connectivity index (χ0n) is 5.52. The van der Waals surface area contributed by atoms with Crippen molar-refractivity contribution in [3.8, 4) is 10.8 Å². The lowest BCUT2D eigenvalue weighted by atomic mass is 10.2. The summed E-state index contributed by atoms with van der Waals surface area (Å²) >= 11 is 2.00. The van der Waals surface area contributed by atoms with Gasteiger partial charge in [-0.2, -0.15) is 30.7 Å². The van der Waals surface area contributed by atoms with Crippen LogP contribution >= 0.6 is 15.9 Å². The van der Waals surface area contributed by atoms with Crippen molar-refractivity contribution in [2.45, 2.75) is 18.0 Å². The average molecular weight is 273 g/mol. The summed E-state index contributed by atoms with van der Waals surface area (Å²) in [6.45, 7) is 0. The van der Waals surface area contributed by atoms with E-state index in [1.807, 2.05) is 15.9 Å². The van der Waals surface area contributed by atoms with E-state index in [1.165, 1.54) is 0 Å². The van der Waals surface area contributed by atoms with Gasteiger partial charge in [0.2, 0.25) is 0 Å².